The summed E-state index contributed by atoms with van der Waals surface area (Å²) in [6, 6.07) is 17.1. The van der Waals surface area contributed by atoms with Gasteiger partial charge in [0.2, 0.25) is 0 Å². The first-order valence-corrected chi connectivity index (χ1v) is 12.5. The fourth-order valence-electron chi connectivity index (χ4n) is 6.40. The second-order valence-corrected chi connectivity index (χ2v) is 10.0. The van der Waals surface area contributed by atoms with Gasteiger partial charge in [-0.25, -0.2) is 4.79 Å². The minimum Gasteiger partial charge on any atom is -0.448 e. The van der Waals surface area contributed by atoms with Crippen LogP contribution in [0.5, 0.6) is 0 Å². The van der Waals surface area contributed by atoms with Crippen molar-refractivity contribution in [3.63, 3.8) is 0 Å². The van der Waals surface area contributed by atoms with Crippen molar-refractivity contribution in [2.75, 3.05) is 6.61 Å². The minimum atomic E-state index is -0.620. The molecule has 1 aliphatic carbocycles. The molecule has 2 aromatic rings. The molecule has 4 heteroatoms. The maximum atomic E-state index is 13.3. The summed E-state index contributed by atoms with van der Waals surface area (Å²) < 4.78 is 5.99. The number of nitrogens with zero attached hydrogens (tertiary/aromatic N) is 1. The molecule has 5 rings (SSSR count). The Labute approximate surface area is 191 Å². The van der Waals surface area contributed by atoms with Crippen molar-refractivity contribution in [1.29, 1.82) is 0 Å². The van der Waals surface area contributed by atoms with E-state index >= 15 is 0 Å². The molecule has 0 radical (unpaired) electrons. The Bertz CT molecular complexity index is 911. The highest BCUT2D eigenvalue weighted by atomic mass is 16.6. The van der Waals surface area contributed by atoms with Crippen LogP contribution in [0.1, 0.15) is 81.8 Å². The lowest BCUT2D eigenvalue weighted by Crippen LogP contribution is -2.60. The van der Waals surface area contributed by atoms with Gasteiger partial charge in [-0.15, -0.1) is 0 Å². The van der Waals surface area contributed by atoms with E-state index in [2.05, 4.69) is 55.5 Å². The number of benzene rings is 2. The zero-order valence-corrected chi connectivity index (χ0v) is 19.1. The van der Waals surface area contributed by atoms with Crippen molar-refractivity contribution in [2.24, 2.45) is 0 Å². The van der Waals surface area contributed by atoms with E-state index in [1.165, 1.54) is 22.3 Å². The van der Waals surface area contributed by atoms with Gasteiger partial charge in [-0.05, 0) is 60.8 Å². The molecule has 0 aromatic heterocycles. The van der Waals surface area contributed by atoms with Gasteiger partial charge in [-0.3, -0.25) is 0 Å². The molecular weight excluding hydrogens is 398 g/mol. The second-order valence-electron chi connectivity index (χ2n) is 10.0. The number of amides is 1. The Kier molecular flexibility index (Phi) is 5.98. The van der Waals surface area contributed by atoms with Gasteiger partial charge in [0.05, 0.1) is 5.60 Å². The number of unbranched alkanes of at least 4 members (excludes halogenated alkanes) is 2. The van der Waals surface area contributed by atoms with Crippen molar-refractivity contribution in [3.05, 3.63) is 59.7 Å². The Morgan fingerprint density at radius 2 is 1.59 bits per heavy atom. The second kappa shape index (κ2) is 8.90. The highest BCUT2D eigenvalue weighted by Crippen LogP contribution is 2.45. The first kappa shape index (κ1) is 21.5. The maximum Gasteiger partial charge on any atom is 0.410 e. The van der Waals surface area contributed by atoms with E-state index in [0.29, 0.717) is 19.4 Å². The number of hydrogen-bond acceptors (Lipinski definition) is 3. The molecule has 2 atom stereocenters. The Morgan fingerprint density at radius 3 is 2.19 bits per heavy atom. The first-order valence-electron chi connectivity index (χ1n) is 12.5. The van der Waals surface area contributed by atoms with Crippen LogP contribution in [0.15, 0.2) is 48.5 Å². The van der Waals surface area contributed by atoms with Crippen LogP contribution in [-0.2, 0) is 4.74 Å². The summed E-state index contributed by atoms with van der Waals surface area (Å²) in [4.78, 5) is 15.3. The maximum absolute atomic E-state index is 13.3. The molecule has 32 heavy (non-hydrogen) atoms. The van der Waals surface area contributed by atoms with Gasteiger partial charge >= 0.3 is 6.09 Å². The van der Waals surface area contributed by atoms with Crippen LogP contribution in [0.2, 0.25) is 0 Å². The molecule has 2 saturated heterocycles. The molecule has 3 aliphatic rings. The number of ether oxygens (including phenoxy) is 1. The molecule has 0 saturated carbocycles. The molecule has 2 aliphatic heterocycles. The summed E-state index contributed by atoms with van der Waals surface area (Å²) >= 11 is 0. The topological polar surface area (TPSA) is 49.8 Å². The van der Waals surface area contributed by atoms with Crippen molar-refractivity contribution in [3.8, 4) is 11.1 Å². The summed E-state index contributed by atoms with van der Waals surface area (Å²) in [5, 5.41) is 11.2. The predicted octanol–water partition coefficient (Wildman–Crippen LogP) is 6.26. The fourth-order valence-corrected chi connectivity index (χ4v) is 6.40. The van der Waals surface area contributed by atoms with E-state index < -0.39 is 5.60 Å². The lowest BCUT2D eigenvalue weighted by Gasteiger charge is -2.51. The number of carbonyl (C=O) groups is 1. The third kappa shape index (κ3) is 3.94. The average Bonchev–Trinajstić information content (AvgIpc) is 3.11. The van der Waals surface area contributed by atoms with Crippen LogP contribution in [-0.4, -0.2) is 40.4 Å². The van der Waals surface area contributed by atoms with Gasteiger partial charge in [0.15, 0.2) is 0 Å². The molecule has 170 valence electrons. The van der Waals surface area contributed by atoms with Gasteiger partial charge in [-0.1, -0.05) is 74.7 Å². The number of rotatable bonds is 6. The van der Waals surface area contributed by atoms with Gasteiger partial charge < -0.3 is 14.7 Å². The standard InChI is InChI=1S/C28H35NO3/c1-2-3-8-16-28(31)17-20-10-9-11-21(18-28)29(20)27(30)32-19-26-24-14-6-4-12-22(24)23-13-5-7-15-25(23)26/h4-7,12-15,20-21,26,31H,2-3,8-11,16-19H2,1H3. The highest BCUT2D eigenvalue weighted by molar-refractivity contribution is 5.79. The third-order valence-corrected chi connectivity index (χ3v) is 7.89. The lowest BCUT2D eigenvalue weighted by molar-refractivity contribution is -0.0893. The van der Waals surface area contributed by atoms with E-state index in [0.717, 1.165) is 44.9 Å². The Hall–Kier alpha value is -2.33. The number of hydrogen-bond donors (Lipinski definition) is 1. The molecule has 2 heterocycles. The van der Waals surface area contributed by atoms with Crippen LogP contribution in [0.25, 0.3) is 11.1 Å². The summed E-state index contributed by atoms with van der Waals surface area (Å²) in [7, 11) is 0. The van der Waals surface area contributed by atoms with Gasteiger partial charge in [-0.2, -0.15) is 0 Å². The van der Waals surface area contributed by atoms with Crippen LogP contribution in [0.4, 0.5) is 4.79 Å². The van der Waals surface area contributed by atoms with Gasteiger partial charge in [0.1, 0.15) is 6.61 Å². The highest BCUT2D eigenvalue weighted by Gasteiger charge is 2.47. The quantitative estimate of drug-likeness (QED) is 0.547. The Morgan fingerprint density at radius 1 is 1.00 bits per heavy atom. The molecule has 0 spiro atoms. The van der Waals surface area contributed by atoms with Crippen molar-refractivity contribution >= 4 is 6.09 Å². The predicted molar refractivity (Wildman–Crippen MR) is 127 cm³/mol. The lowest BCUT2D eigenvalue weighted by atomic mass is 9.73. The molecule has 2 fully saturated rings. The normalized spacial score (nSPS) is 26.5. The van der Waals surface area contributed by atoms with Crippen molar-refractivity contribution in [1.82, 2.24) is 4.90 Å². The molecule has 2 unspecified atom stereocenters. The number of carbonyl (C=O) groups excluding carboxylic acids is 1. The molecule has 1 N–H and O–H groups in total. The van der Waals surface area contributed by atoms with E-state index in [4.69, 9.17) is 4.74 Å². The summed E-state index contributed by atoms with van der Waals surface area (Å²) in [5.41, 5.74) is 4.36. The SMILES string of the molecule is CCCCCC1(O)CC2CCCC(C1)N2C(=O)OCC1c2ccccc2-c2ccccc21. The monoisotopic (exact) mass is 433 g/mol. The summed E-state index contributed by atoms with van der Waals surface area (Å²) in [5.74, 6) is 0.0851. The molecule has 4 nitrogen and oxygen atoms in total. The van der Waals surface area contributed by atoms with Crippen molar-refractivity contribution in [2.45, 2.75) is 88.3 Å². The molecule has 1 amide bonds. The summed E-state index contributed by atoms with van der Waals surface area (Å²) in [6.45, 7) is 2.56. The van der Waals surface area contributed by atoms with Crippen LogP contribution in [0, 0.1) is 0 Å². The van der Waals surface area contributed by atoms with Crippen molar-refractivity contribution < 1.29 is 14.6 Å². The largest absolute Gasteiger partial charge is 0.448 e. The number of aliphatic hydroxyl groups is 1. The van der Waals surface area contributed by atoms with Gasteiger partial charge in [0.25, 0.3) is 0 Å². The molecular formula is C28H35NO3. The minimum absolute atomic E-state index is 0.0851. The van der Waals surface area contributed by atoms with Crippen LogP contribution in [0.3, 0.4) is 0 Å². The summed E-state index contributed by atoms with van der Waals surface area (Å²) in [6.07, 6.45) is 8.50. The zero-order valence-electron chi connectivity index (χ0n) is 19.1. The van der Waals surface area contributed by atoms with E-state index in [1.807, 2.05) is 4.90 Å². The average molecular weight is 434 g/mol. The third-order valence-electron chi connectivity index (χ3n) is 7.89. The number of piperidine rings is 2. The first-order chi connectivity index (χ1) is 15.6. The molecule has 2 aromatic carbocycles. The van der Waals surface area contributed by atoms with Crippen LogP contribution >= 0.6 is 0 Å². The Balaban J connectivity index is 1.28. The van der Waals surface area contributed by atoms with Gasteiger partial charge in [0, 0.05) is 18.0 Å². The molecule has 2 bridgehead atoms. The van der Waals surface area contributed by atoms with Crippen LogP contribution < -0.4 is 0 Å². The zero-order chi connectivity index (χ0) is 22.1. The fraction of sp³-hybridized carbons (Fsp3) is 0.536. The van der Waals surface area contributed by atoms with E-state index in [1.54, 1.807) is 0 Å². The smallest absolute Gasteiger partial charge is 0.410 e. The number of fused-ring (bicyclic) bond motifs is 5. The van der Waals surface area contributed by atoms with E-state index in [9.17, 15) is 9.90 Å². The van der Waals surface area contributed by atoms with E-state index in [-0.39, 0.29) is 24.1 Å².